The van der Waals surface area contributed by atoms with Crippen LogP contribution in [0.15, 0.2) is 24.3 Å². The number of carbonyl (C=O) groups is 2. The van der Waals surface area contributed by atoms with Gasteiger partial charge >= 0.3 is 6.36 Å². The van der Waals surface area contributed by atoms with Gasteiger partial charge in [0.25, 0.3) is 0 Å². The predicted octanol–water partition coefficient (Wildman–Crippen LogP) is 3.13. The molecule has 0 radical (unpaired) electrons. The zero-order valence-electron chi connectivity index (χ0n) is 15.9. The lowest BCUT2D eigenvalue weighted by atomic mass is 9.67. The van der Waals surface area contributed by atoms with Gasteiger partial charge in [0, 0.05) is 36.4 Å². The molecule has 0 bridgehead atoms. The summed E-state index contributed by atoms with van der Waals surface area (Å²) in [5, 5.41) is 3.02. The normalized spacial score (nSPS) is 35.7. The maximum atomic E-state index is 12.9. The number of amides is 2. The Morgan fingerprint density at radius 2 is 2.00 bits per heavy atom. The van der Waals surface area contributed by atoms with Crippen LogP contribution >= 0.6 is 0 Å². The van der Waals surface area contributed by atoms with Gasteiger partial charge in [-0.25, -0.2) is 0 Å². The van der Waals surface area contributed by atoms with Crippen molar-refractivity contribution in [3.05, 3.63) is 29.8 Å². The van der Waals surface area contributed by atoms with Crippen molar-refractivity contribution in [1.29, 1.82) is 0 Å². The van der Waals surface area contributed by atoms with Gasteiger partial charge in [0.2, 0.25) is 11.8 Å². The van der Waals surface area contributed by atoms with E-state index in [1.807, 2.05) is 11.0 Å². The van der Waals surface area contributed by atoms with Crippen LogP contribution in [-0.2, 0) is 15.0 Å². The Balaban J connectivity index is 1.21. The fraction of sp³-hybridized carbons (Fsp3) is 0.619. The van der Waals surface area contributed by atoms with Gasteiger partial charge in [-0.05, 0) is 55.7 Å². The van der Waals surface area contributed by atoms with E-state index in [0.29, 0.717) is 19.5 Å². The molecule has 1 N–H and O–H groups in total. The molecule has 2 aliphatic heterocycles. The molecule has 5 nitrogen and oxygen atoms in total. The summed E-state index contributed by atoms with van der Waals surface area (Å²) in [6.07, 6.45) is -0.246. The van der Waals surface area contributed by atoms with E-state index < -0.39 is 6.36 Å². The first-order chi connectivity index (χ1) is 13.7. The average Bonchev–Trinajstić information content (AvgIpc) is 3.24. The molecule has 1 spiro atoms. The quantitative estimate of drug-likeness (QED) is 0.836. The maximum Gasteiger partial charge on any atom is 0.573 e. The molecule has 4 fully saturated rings. The van der Waals surface area contributed by atoms with Crippen molar-refractivity contribution in [3.63, 3.8) is 0 Å². The Morgan fingerprint density at radius 3 is 2.66 bits per heavy atom. The highest BCUT2D eigenvalue weighted by atomic mass is 19.4. The van der Waals surface area contributed by atoms with E-state index in [4.69, 9.17) is 0 Å². The second-order valence-electron chi connectivity index (χ2n) is 9.10. The molecule has 2 atom stereocenters. The van der Waals surface area contributed by atoms with Crippen molar-refractivity contribution in [2.24, 2.45) is 11.8 Å². The number of piperidine rings is 1. The van der Waals surface area contributed by atoms with Gasteiger partial charge in [0.05, 0.1) is 0 Å². The highest BCUT2D eigenvalue weighted by Crippen LogP contribution is 2.60. The Labute approximate surface area is 166 Å². The first-order valence-electron chi connectivity index (χ1n) is 10.1. The molecule has 2 saturated heterocycles. The van der Waals surface area contributed by atoms with Gasteiger partial charge in [-0.1, -0.05) is 12.1 Å². The number of hydrogen-bond donors (Lipinski definition) is 1. The van der Waals surface area contributed by atoms with Crippen molar-refractivity contribution in [1.82, 2.24) is 10.2 Å². The number of alkyl halides is 3. The number of hydrogen-bond acceptors (Lipinski definition) is 3. The van der Waals surface area contributed by atoms with Gasteiger partial charge in [0.1, 0.15) is 5.75 Å². The van der Waals surface area contributed by atoms with E-state index >= 15 is 0 Å². The van der Waals surface area contributed by atoms with Crippen LogP contribution in [0.25, 0.3) is 0 Å². The number of fused-ring (bicyclic) bond motifs is 1. The number of nitrogens with zero attached hydrogens (tertiary/aromatic N) is 1. The number of benzene rings is 1. The molecule has 2 heterocycles. The summed E-state index contributed by atoms with van der Waals surface area (Å²) in [6.45, 7) is 1.27. The third-order valence-corrected chi connectivity index (χ3v) is 7.31. The summed E-state index contributed by atoms with van der Waals surface area (Å²) in [4.78, 5) is 26.3. The molecule has 29 heavy (non-hydrogen) atoms. The summed E-state index contributed by atoms with van der Waals surface area (Å²) in [6, 6.07) is 6.27. The zero-order valence-corrected chi connectivity index (χ0v) is 15.9. The van der Waals surface area contributed by atoms with Gasteiger partial charge < -0.3 is 15.0 Å². The van der Waals surface area contributed by atoms with E-state index in [2.05, 4.69) is 10.1 Å². The van der Waals surface area contributed by atoms with Crippen LogP contribution in [-0.4, -0.2) is 41.7 Å². The predicted molar refractivity (Wildman–Crippen MR) is 96.9 cm³/mol. The highest BCUT2D eigenvalue weighted by Gasteiger charge is 2.59. The molecule has 1 aromatic carbocycles. The van der Waals surface area contributed by atoms with E-state index in [-0.39, 0.29) is 40.4 Å². The lowest BCUT2D eigenvalue weighted by molar-refractivity contribution is -0.274. The molecule has 1 aromatic rings. The van der Waals surface area contributed by atoms with Crippen molar-refractivity contribution in [3.8, 4) is 5.75 Å². The topological polar surface area (TPSA) is 58.6 Å². The van der Waals surface area contributed by atoms with Crippen LogP contribution in [0, 0.1) is 11.8 Å². The minimum absolute atomic E-state index is 0.0248. The van der Waals surface area contributed by atoms with Gasteiger partial charge in [-0.3, -0.25) is 9.59 Å². The fourth-order valence-corrected chi connectivity index (χ4v) is 5.72. The Morgan fingerprint density at radius 1 is 1.21 bits per heavy atom. The van der Waals surface area contributed by atoms with Crippen LogP contribution in [0.3, 0.4) is 0 Å². The van der Waals surface area contributed by atoms with Crippen molar-refractivity contribution in [2.75, 3.05) is 13.1 Å². The number of nitrogens with one attached hydrogen (secondary N) is 1. The smallest absolute Gasteiger partial charge is 0.406 e. The Kier molecular flexibility index (Phi) is 3.96. The molecule has 4 aliphatic rings. The van der Waals surface area contributed by atoms with E-state index in [0.717, 1.165) is 37.7 Å². The minimum Gasteiger partial charge on any atom is -0.406 e. The second-order valence-corrected chi connectivity index (χ2v) is 9.10. The number of ether oxygens (including phenoxy) is 1. The molecule has 0 unspecified atom stereocenters. The molecule has 5 rings (SSSR count). The standard InChI is InChI=1S/C21H23F3N2O3/c22-21(23,24)29-16-3-1-2-14(8-16)20-6-7-26(12-15(20)11-20)18(28)13-9-19(10-13)5-4-17(27)25-19/h1-3,8,13,15H,4-7,9-12H2,(H,25,27)/t13?,15-,19?,20-/m0/s1. The number of likely N-dealkylation sites (tertiary alicyclic amines) is 1. The van der Waals surface area contributed by atoms with Crippen LogP contribution in [0.2, 0.25) is 0 Å². The Bertz CT molecular complexity index is 865. The zero-order chi connectivity index (χ0) is 20.4. The highest BCUT2D eigenvalue weighted by molar-refractivity contribution is 5.84. The molecule has 2 aliphatic carbocycles. The van der Waals surface area contributed by atoms with Crippen LogP contribution < -0.4 is 10.1 Å². The second kappa shape index (κ2) is 6.12. The Hall–Kier alpha value is -2.25. The largest absolute Gasteiger partial charge is 0.573 e. The summed E-state index contributed by atoms with van der Waals surface area (Å²) < 4.78 is 41.6. The van der Waals surface area contributed by atoms with Crippen LogP contribution in [0.4, 0.5) is 13.2 Å². The van der Waals surface area contributed by atoms with Crippen LogP contribution in [0.1, 0.15) is 44.1 Å². The molecule has 156 valence electrons. The molecular formula is C21H23F3N2O3. The van der Waals surface area contributed by atoms with Crippen LogP contribution in [0.5, 0.6) is 5.75 Å². The first kappa shape index (κ1) is 18.8. The lowest BCUT2D eigenvalue weighted by Crippen LogP contribution is -2.57. The number of carbonyl (C=O) groups excluding carboxylic acids is 2. The molecule has 2 saturated carbocycles. The SMILES string of the molecule is O=C1CCC2(CC(C(=O)N3CC[C@@]4(c5cccc(OC(F)(F)F)c5)C[C@H]4C3)C2)N1. The molecule has 8 heteroatoms. The molecule has 0 aromatic heterocycles. The molecular weight excluding hydrogens is 385 g/mol. The monoisotopic (exact) mass is 408 g/mol. The fourth-order valence-electron chi connectivity index (χ4n) is 5.72. The minimum atomic E-state index is -4.70. The first-order valence-corrected chi connectivity index (χ1v) is 10.1. The van der Waals surface area contributed by atoms with Crippen molar-refractivity contribution in [2.45, 2.75) is 55.8 Å². The summed E-state index contributed by atoms with van der Waals surface area (Å²) >= 11 is 0. The maximum absolute atomic E-state index is 12.9. The third kappa shape index (κ3) is 3.26. The lowest BCUT2D eigenvalue weighted by Gasteiger charge is -2.46. The van der Waals surface area contributed by atoms with Gasteiger partial charge in [-0.15, -0.1) is 13.2 Å². The number of halogens is 3. The van der Waals surface area contributed by atoms with Crippen molar-refractivity contribution < 1.29 is 27.5 Å². The molecule has 2 amide bonds. The summed E-state index contributed by atoms with van der Waals surface area (Å²) in [5.74, 6) is 0.302. The van der Waals surface area contributed by atoms with E-state index in [9.17, 15) is 22.8 Å². The number of rotatable bonds is 3. The average molecular weight is 408 g/mol. The third-order valence-electron chi connectivity index (χ3n) is 7.31. The van der Waals surface area contributed by atoms with Crippen molar-refractivity contribution >= 4 is 11.8 Å². The van der Waals surface area contributed by atoms with E-state index in [1.54, 1.807) is 6.07 Å². The summed E-state index contributed by atoms with van der Waals surface area (Å²) in [5.41, 5.74) is 0.574. The van der Waals surface area contributed by atoms with Gasteiger partial charge in [0.15, 0.2) is 0 Å². The van der Waals surface area contributed by atoms with Gasteiger partial charge in [-0.2, -0.15) is 0 Å². The summed E-state index contributed by atoms with van der Waals surface area (Å²) in [7, 11) is 0. The van der Waals surface area contributed by atoms with E-state index in [1.165, 1.54) is 12.1 Å².